The van der Waals surface area contributed by atoms with E-state index in [1.807, 2.05) is 26.0 Å². The van der Waals surface area contributed by atoms with Crippen LogP contribution in [-0.2, 0) is 12.8 Å². The van der Waals surface area contributed by atoms with Gasteiger partial charge in [0, 0.05) is 22.2 Å². The summed E-state index contributed by atoms with van der Waals surface area (Å²) in [4.78, 5) is 16.0. The van der Waals surface area contributed by atoms with Crippen molar-refractivity contribution in [3.63, 3.8) is 0 Å². The van der Waals surface area contributed by atoms with Crippen molar-refractivity contribution in [2.45, 2.75) is 45.6 Å². The Hall–Kier alpha value is -2.50. The van der Waals surface area contributed by atoms with Gasteiger partial charge in [-0.15, -0.1) is 0 Å². The fraction of sp³-hybridized carbons (Fsp3) is 0.304. The molecule has 2 aromatic carbocycles. The van der Waals surface area contributed by atoms with Crippen LogP contribution in [0.25, 0.3) is 10.9 Å². The lowest BCUT2D eigenvalue weighted by Crippen LogP contribution is -2.17. The molecule has 7 heteroatoms. The van der Waals surface area contributed by atoms with Crippen molar-refractivity contribution in [1.82, 2.24) is 10.4 Å². The molecule has 0 radical (unpaired) electrons. The topological polar surface area (TPSA) is 66.5 Å². The van der Waals surface area contributed by atoms with Gasteiger partial charge in [-0.2, -0.15) is 5.10 Å². The Morgan fingerprint density at radius 3 is 2.63 bits per heavy atom. The standard InChI is InChI=1S/C23H23Cl2N3O2/c1-13(2)30-22-18(24)9-14(10-19(22)25)12-26-28-23(29)15-7-8-21-17(11-15)16-5-3-4-6-20(16)27-21/h7-13,27H,3-6H2,1-2H3,(H,28,29)/b26-12-. The Kier molecular flexibility index (Phi) is 6.02. The minimum absolute atomic E-state index is 0.0400. The van der Waals surface area contributed by atoms with Crippen LogP contribution in [-0.4, -0.2) is 23.2 Å². The maximum absolute atomic E-state index is 12.6. The molecule has 1 amide bonds. The molecule has 0 spiro atoms. The molecule has 1 aliphatic carbocycles. The van der Waals surface area contributed by atoms with Crippen LogP contribution < -0.4 is 10.2 Å². The lowest BCUT2D eigenvalue weighted by Gasteiger charge is -2.13. The third-order valence-corrected chi connectivity index (χ3v) is 5.68. The molecule has 1 heterocycles. The first-order valence-electron chi connectivity index (χ1n) is 10.0. The number of H-pyrrole nitrogens is 1. The number of carbonyl (C=O) groups is 1. The molecule has 1 aromatic heterocycles. The molecular weight excluding hydrogens is 421 g/mol. The number of benzene rings is 2. The summed E-state index contributed by atoms with van der Waals surface area (Å²) in [5.41, 5.74) is 7.52. The number of halogens is 2. The number of aromatic amines is 1. The van der Waals surface area contributed by atoms with Crippen LogP contribution in [0.1, 0.15) is 53.9 Å². The van der Waals surface area contributed by atoms with Gasteiger partial charge in [0.05, 0.1) is 22.4 Å². The second-order valence-electron chi connectivity index (χ2n) is 7.73. The molecule has 0 bridgehead atoms. The van der Waals surface area contributed by atoms with Gasteiger partial charge in [-0.3, -0.25) is 4.79 Å². The summed E-state index contributed by atoms with van der Waals surface area (Å²) in [6.45, 7) is 3.80. The molecule has 0 fully saturated rings. The number of nitrogens with one attached hydrogen (secondary N) is 2. The Labute approximate surface area is 185 Å². The summed E-state index contributed by atoms with van der Waals surface area (Å²) < 4.78 is 5.62. The predicted octanol–water partition coefficient (Wildman–Crippen LogP) is 5.90. The number of hydrogen-bond donors (Lipinski definition) is 2. The number of fused-ring (bicyclic) bond motifs is 3. The molecule has 0 saturated heterocycles. The van der Waals surface area contributed by atoms with E-state index in [0.717, 1.165) is 23.7 Å². The van der Waals surface area contributed by atoms with Gasteiger partial charge in [-0.1, -0.05) is 23.2 Å². The Bertz CT molecular complexity index is 1110. The largest absolute Gasteiger partial charge is 0.488 e. The molecule has 5 nitrogen and oxygen atoms in total. The Balaban J connectivity index is 1.49. The van der Waals surface area contributed by atoms with E-state index in [4.69, 9.17) is 27.9 Å². The third-order valence-electron chi connectivity index (χ3n) is 5.11. The zero-order valence-corrected chi connectivity index (χ0v) is 18.4. The molecule has 2 N–H and O–H groups in total. The molecular formula is C23H23Cl2N3O2. The smallest absolute Gasteiger partial charge is 0.271 e. The highest BCUT2D eigenvalue weighted by Gasteiger charge is 2.17. The van der Waals surface area contributed by atoms with E-state index < -0.39 is 0 Å². The number of hydrazone groups is 1. The van der Waals surface area contributed by atoms with E-state index in [2.05, 4.69) is 15.5 Å². The van der Waals surface area contributed by atoms with Crippen molar-refractivity contribution in [1.29, 1.82) is 0 Å². The Morgan fingerprint density at radius 1 is 1.17 bits per heavy atom. The Morgan fingerprint density at radius 2 is 1.90 bits per heavy atom. The van der Waals surface area contributed by atoms with Gasteiger partial charge >= 0.3 is 0 Å². The number of hydrogen-bond acceptors (Lipinski definition) is 3. The second kappa shape index (κ2) is 8.70. The molecule has 0 aliphatic heterocycles. The maximum atomic E-state index is 12.6. The first kappa shape index (κ1) is 20.8. The number of carbonyl (C=O) groups excluding carboxylic acids is 1. The SMILES string of the molecule is CC(C)Oc1c(Cl)cc(/C=N\NC(=O)c2ccc3[nH]c4c(c3c2)CCCC4)cc1Cl. The van der Waals surface area contributed by atoms with Crippen LogP contribution in [0, 0.1) is 0 Å². The van der Waals surface area contributed by atoms with Crippen molar-refractivity contribution in [3.8, 4) is 5.75 Å². The minimum Gasteiger partial charge on any atom is -0.488 e. The summed E-state index contributed by atoms with van der Waals surface area (Å²) in [6, 6.07) is 9.09. The highest BCUT2D eigenvalue weighted by atomic mass is 35.5. The third kappa shape index (κ3) is 4.32. The molecule has 4 rings (SSSR count). The van der Waals surface area contributed by atoms with Gasteiger partial charge in [0.2, 0.25) is 0 Å². The van der Waals surface area contributed by atoms with Crippen LogP contribution in [0.4, 0.5) is 0 Å². The van der Waals surface area contributed by atoms with Crippen LogP contribution >= 0.6 is 23.2 Å². The fourth-order valence-electron chi connectivity index (χ4n) is 3.78. The van der Waals surface area contributed by atoms with E-state index in [9.17, 15) is 4.79 Å². The van der Waals surface area contributed by atoms with E-state index in [-0.39, 0.29) is 12.0 Å². The zero-order valence-electron chi connectivity index (χ0n) is 16.9. The first-order valence-corrected chi connectivity index (χ1v) is 10.8. The van der Waals surface area contributed by atoms with Gasteiger partial charge < -0.3 is 9.72 Å². The highest BCUT2D eigenvalue weighted by Crippen LogP contribution is 2.34. The molecule has 0 saturated carbocycles. The summed E-state index contributed by atoms with van der Waals surface area (Å²) >= 11 is 12.5. The minimum atomic E-state index is -0.268. The first-order chi connectivity index (χ1) is 14.4. The highest BCUT2D eigenvalue weighted by molar-refractivity contribution is 6.37. The average molecular weight is 444 g/mol. The van der Waals surface area contributed by atoms with Gasteiger partial charge in [0.1, 0.15) is 0 Å². The van der Waals surface area contributed by atoms with E-state index in [0.29, 0.717) is 26.9 Å². The van der Waals surface area contributed by atoms with Crippen molar-refractivity contribution >= 4 is 46.2 Å². The van der Waals surface area contributed by atoms with Crippen molar-refractivity contribution < 1.29 is 9.53 Å². The van der Waals surface area contributed by atoms with Crippen LogP contribution in [0.5, 0.6) is 5.75 Å². The van der Waals surface area contributed by atoms with Crippen LogP contribution in [0.3, 0.4) is 0 Å². The van der Waals surface area contributed by atoms with Gasteiger partial charge in [-0.25, -0.2) is 5.43 Å². The van der Waals surface area contributed by atoms with E-state index in [1.54, 1.807) is 18.2 Å². The lowest BCUT2D eigenvalue weighted by atomic mass is 9.95. The summed E-state index contributed by atoms with van der Waals surface area (Å²) in [5.74, 6) is 0.175. The summed E-state index contributed by atoms with van der Waals surface area (Å²) in [5, 5.41) is 5.97. The molecule has 1 aliphatic rings. The summed E-state index contributed by atoms with van der Waals surface area (Å²) in [7, 11) is 0. The quantitative estimate of drug-likeness (QED) is 0.380. The maximum Gasteiger partial charge on any atom is 0.271 e. The van der Waals surface area contributed by atoms with E-state index in [1.165, 1.54) is 30.3 Å². The monoisotopic (exact) mass is 443 g/mol. The average Bonchev–Trinajstić information content (AvgIpc) is 3.08. The van der Waals surface area contributed by atoms with Gasteiger partial charge in [0.25, 0.3) is 5.91 Å². The number of amides is 1. The number of aryl methyl sites for hydroxylation is 2. The van der Waals surface area contributed by atoms with Gasteiger partial charge in [-0.05, 0) is 81.0 Å². The van der Waals surface area contributed by atoms with Crippen LogP contribution in [0.15, 0.2) is 35.4 Å². The van der Waals surface area contributed by atoms with Crippen molar-refractivity contribution in [3.05, 3.63) is 62.8 Å². The van der Waals surface area contributed by atoms with Gasteiger partial charge in [0.15, 0.2) is 5.75 Å². The normalized spacial score (nSPS) is 13.8. The number of ether oxygens (including phenoxy) is 1. The van der Waals surface area contributed by atoms with Crippen molar-refractivity contribution in [2.75, 3.05) is 0 Å². The molecule has 30 heavy (non-hydrogen) atoms. The van der Waals surface area contributed by atoms with E-state index >= 15 is 0 Å². The second-order valence-corrected chi connectivity index (χ2v) is 8.54. The van der Waals surface area contributed by atoms with Crippen LogP contribution in [0.2, 0.25) is 10.0 Å². The number of rotatable bonds is 5. The molecule has 0 atom stereocenters. The molecule has 156 valence electrons. The summed E-state index contributed by atoms with van der Waals surface area (Å²) in [6.07, 6.45) is 5.99. The van der Waals surface area contributed by atoms with Crippen molar-refractivity contribution in [2.24, 2.45) is 5.10 Å². The zero-order chi connectivity index (χ0) is 21.3. The molecule has 3 aromatic rings. The fourth-order valence-corrected chi connectivity index (χ4v) is 4.37. The number of nitrogens with zero attached hydrogens (tertiary/aromatic N) is 1. The molecule has 0 unspecified atom stereocenters. The number of aromatic nitrogens is 1. The predicted molar refractivity (Wildman–Crippen MR) is 122 cm³/mol. The lowest BCUT2D eigenvalue weighted by molar-refractivity contribution is 0.0955.